The van der Waals surface area contributed by atoms with Gasteiger partial charge in [-0.25, -0.2) is 0 Å². The Kier molecular flexibility index (Phi) is 5.47. The SMILES string of the molecule is CCC(CC)(CO)CNc1cccc(C)c1Br. The molecular formula is C14H22BrNO. The van der Waals surface area contributed by atoms with E-state index < -0.39 is 0 Å². The quantitative estimate of drug-likeness (QED) is 0.833. The zero-order valence-corrected chi connectivity index (χ0v) is 12.5. The first-order valence-corrected chi connectivity index (χ1v) is 6.97. The lowest BCUT2D eigenvalue weighted by Crippen LogP contribution is -2.32. The number of aryl methyl sites for hydroxylation is 1. The fourth-order valence-corrected chi connectivity index (χ4v) is 2.25. The molecule has 0 unspecified atom stereocenters. The van der Waals surface area contributed by atoms with Crippen LogP contribution in [0.15, 0.2) is 22.7 Å². The number of rotatable bonds is 6. The van der Waals surface area contributed by atoms with Crippen LogP contribution in [0.2, 0.25) is 0 Å². The number of benzene rings is 1. The second kappa shape index (κ2) is 6.41. The smallest absolute Gasteiger partial charge is 0.0504 e. The van der Waals surface area contributed by atoms with E-state index in [1.54, 1.807) is 0 Å². The Morgan fingerprint density at radius 1 is 1.29 bits per heavy atom. The molecular weight excluding hydrogens is 278 g/mol. The minimum atomic E-state index is -0.0107. The van der Waals surface area contributed by atoms with Crippen molar-refractivity contribution in [2.75, 3.05) is 18.5 Å². The molecule has 0 aliphatic heterocycles. The summed E-state index contributed by atoms with van der Waals surface area (Å²) in [5, 5.41) is 13.0. The summed E-state index contributed by atoms with van der Waals surface area (Å²) in [5.41, 5.74) is 2.31. The Bertz CT molecular complexity index is 353. The summed E-state index contributed by atoms with van der Waals surface area (Å²) in [6.07, 6.45) is 1.97. The molecule has 1 aromatic carbocycles. The van der Waals surface area contributed by atoms with E-state index in [1.165, 1.54) is 5.56 Å². The van der Waals surface area contributed by atoms with Crippen molar-refractivity contribution in [1.82, 2.24) is 0 Å². The Morgan fingerprint density at radius 2 is 1.94 bits per heavy atom. The summed E-state index contributed by atoms with van der Waals surface area (Å²) in [6, 6.07) is 6.18. The third kappa shape index (κ3) is 3.46. The van der Waals surface area contributed by atoms with Crippen LogP contribution in [0.4, 0.5) is 5.69 Å². The first-order chi connectivity index (χ1) is 8.08. The Balaban J connectivity index is 2.75. The standard InChI is InChI=1S/C14H22BrNO/c1-4-14(5-2,10-17)9-16-12-8-6-7-11(3)13(12)15/h6-8,16-17H,4-5,9-10H2,1-3H3. The molecule has 2 nitrogen and oxygen atoms in total. The highest BCUT2D eigenvalue weighted by molar-refractivity contribution is 9.10. The highest BCUT2D eigenvalue weighted by Crippen LogP contribution is 2.30. The van der Waals surface area contributed by atoms with Crippen molar-refractivity contribution >= 4 is 21.6 Å². The minimum absolute atomic E-state index is 0.0107. The maximum absolute atomic E-state index is 9.53. The van der Waals surface area contributed by atoms with E-state index in [9.17, 15) is 5.11 Å². The van der Waals surface area contributed by atoms with Crippen LogP contribution in [-0.2, 0) is 0 Å². The average molecular weight is 300 g/mol. The van der Waals surface area contributed by atoms with Crippen molar-refractivity contribution in [1.29, 1.82) is 0 Å². The maximum atomic E-state index is 9.53. The summed E-state index contributed by atoms with van der Waals surface area (Å²) < 4.78 is 1.11. The van der Waals surface area contributed by atoms with Gasteiger partial charge in [0.25, 0.3) is 0 Å². The van der Waals surface area contributed by atoms with Crippen LogP contribution in [0.3, 0.4) is 0 Å². The second-order valence-electron chi connectivity index (χ2n) is 4.66. The first-order valence-electron chi connectivity index (χ1n) is 6.18. The average Bonchev–Trinajstić information content (AvgIpc) is 2.36. The van der Waals surface area contributed by atoms with Gasteiger partial charge in [0.05, 0.1) is 6.61 Å². The lowest BCUT2D eigenvalue weighted by molar-refractivity contribution is 0.127. The lowest BCUT2D eigenvalue weighted by atomic mass is 9.83. The molecule has 0 radical (unpaired) electrons. The van der Waals surface area contributed by atoms with Crippen LogP contribution in [0.1, 0.15) is 32.3 Å². The summed E-state index contributed by atoms with van der Waals surface area (Å²) in [4.78, 5) is 0. The predicted molar refractivity (Wildman–Crippen MR) is 77.5 cm³/mol. The Labute approximate surface area is 113 Å². The highest BCUT2D eigenvalue weighted by atomic mass is 79.9. The number of halogens is 1. The number of anilines is 1. The molecule has 0 atom stereocenters. The van der Waals surface area contributed by atoms with E-state index in [2.05, 4.69) is 54.2 Å². The number of aliphatic hydroxyl groups is 1. The molecule has 1 rings (SSSR count). The predicted octanol–water partition coefficient (Wildman–Crippen LogP) is 3.97. The van der Waals surface area contributed by atoms with Crippen LogP contribution >= 0.6 is 15.9 Å². The van der Waals surface area contributed by atoms with Crippen molar-refractivity contribution in [2.45, 2.75) is 33.6 Å². The topological polar surface area (TPSA) is 32.3 Å². The molecule has 0 bridgehead atoms. The number of nitrogens with one attached hydrogen (secondary N) is 1. The monoisotopic (exact) mass is 299 g/mol. The summed E-state index contributed by atoms with van der Waals surface area (Å²) >= 11 is 3.59. The van der Waals surface area contributed by atoms with Crippen LogP contribution < -0.4 is 5.32 Å². The van der Waals surface area contributed by atoms with Crippen LogP contribution in [0, 0.1) is 12.3 Å². The third-order valence-electron chi connectivity index (χ3n) is 3.68. The van der Waals surface area contributed by atoms with Crippen molar-refractivity contribution in [2.24, 2.45) is 5.41 Å². The van der Waals surface area contributed by atoms with E-state index in [0.717, 1.165) is 29.5 Å². The molecule has 0 heterocycles. The van der Waals surface area contributed by atoms with E-state index in [0.29, 0.717) is 0 Å². The molecule has 1 aromatic rings. The van der Waals surface area contributed by atoms with Crippen molar-refractivity contribution in [3.05, 3.63) is 28.2 Å². The molecule has 0 amide bonds. The van der Waals surface area contributed by atoms with Gasteiger partial charge >= 0.3 is 0 Å². The van der Waals surface area contributed by atoms with E-state index in [-0.39, 0.29) is 12.0 Å². The van der Waals surface area contributed by atoms with E-state index in [1.807, 2.05) is 6.07 Å². The second-order valence-corrected chi connectivity index (χ2v) is 5.45. The first kappa shape index (κ1) is 14.5. The molecule has 3 heteroatoms. The van der Waals surface area contributed by atoms with E-state index in [4.69, 9.17) is 0 Å². The summed E-state index contributed by atoms with van der Waals surface area (Å²) in [6.45, 7) is 7.38. The highest BCUT2D eigenvalue weighted by Gasteiger charge is 2.25. The molecule has 17 heavy (non-hydrogen) atoms. The fraction of sp³-hybridized carbons (Fsp3) is 0.571. The van der Waals surface area contributed by atoms with Gasteiger partial charge in [0.15, 0.2) is 0 Å². The summed E-state index contributed by atoms with van der Waals surface area (Å²) in [7, 11) is 0. The molecule has 0 spiro atoms. The normalized spacial score (nSPS) is 11.6. The van der Waals surface area contributed by atoms with Crippen LogP contribution in [-0.4, -0.2) is 18.3 Å². The van der Waals surface area contributed by atoms with E-state index >= 15 is 0 Å². The largest absolute Gasteiger partial charge is 0.396 e. The molecule has 0 fully saturated rings. The van der Waals surface area contributed by atoms with Crippen molar-refractivity contribution in [3.63, 3.8) is 0 Å². The third-order valence-corrected chi connectivity index (χ3v) is 4.73. The van der Waals surface area contributed by atoms with Crippen LogP contribution in [0.25, 0.3) is 0 Å². The number of hydrogen-bond acceptors (Lipinski definition) is 2. The van der Waals surface area contributed by atoms with Crippen LogP contribution in [0.5, 0.6) is 0 Å². The van der Waals surface area contributed by atoms with Gasteiger partial charge in [-0.3, -0.25) is 0 Å². The lowest BCUT2D eigenvalue weighted by Gasteiger charge is -2.30. The van der Waals surface area contributed by atoms with Gasteiger partial charge in [0.1, 0.15) is 0 Å². The summed E-state index contributed by atoms with van der Waals surface area (Å²) in [5.74, 6) is 0. The van der Waals surface area contributed by atoms with Gasteiger partial charge in [-0.15, -0.1) is 0 Å². The van der Waals surface area contributed by atoms with Crippen molar-refractivity contribution < 1.29 is 5.11 Å². The molecule has 0 saturated heterocycles. The Hall–Kier alpha value is -0.540. The molecule has 0 aromatic heterocycles. The minimum Gasteiger partial charge on any atom is -0.396 e. The molecule has 0 aliphatic carbocycles. The van der Waals surface area contributed by atoms with Gasteiger partial charge in [-0.2, -0.15) is 0 Å². The zero-order chi connectivity index (χ0) is 12.9. The van der Waals surface area contributed by atoms with Gasteiger partial charge in [-0.1, -0.05) is 26.0 Å². The van der Waals surface area contributed by atoms with Gasteiger partial charge in [-0.05, 0) is 47.3 Å². The molecule has 96 valence electrons. The molecule has 0 saturated carbocycles. The Morgan fingerprint density at radius 3 is 2.47 bits per heavy atom. The van der Waals surface area contributed by atoms with Gasteiger partial charge in [0, 0.05) is 22.1 Å². The van der Waals surface area contributed by atoms with Gasteiger partial charge < -0.3 is 10.4 Å². The fourth-order valence-electron chi connectivity index (χ4n) is 1.85. The van der Waals surface area contributed by atoms with Gasteiger partial charge in [0.2, 0.25) is 0 Å². The maximum Gasteiger partial charge on any atom is 0.0504 e. The number of hydrogen-bond donors (Lipinski definition) is 2. The molecule has 2 N–H and O–H groups in total. The molecule has 0 aliphatic rings. The number of aliphatic hydroxyl groups excluding tert-OH is 1. The zero-order valence-electron chi connectivity index (χ0n) is 10.9. The van der Waals surface area contributed by atoms with Crippen molar-refractivity contribution in [3.8, 4) is 0 Å².